The van der Waals surface area contributed by atoms with E-state index in [2.05, 4.69) is 50.7 Å². The number of fused-ring (bicyclic) bond motifs is 1. The number of aromatic nitrogens is 5. The molecular formula is C24H32N6. The SMILES string of the molecule is Cc1cc(C)c(CN2CCC(c3nnc4n3CCCCC4)CC2)c(-n2cccn2)c1. The molecule has 2 aliphatic heterocycles. The number of hydrogen-bond acceptors (Lipinski definition) is 4. The van der Waals surface area contributed by atoms with Crippen LogP contribution in [0.5, 0.6) is 0 Å². The third-order valence-corrected chi connectivity index (χ3v) is 6.82. The van der Waals surface area contributed by atoms with Gasteiger partial charge in [0.15, 0.2) is 0 Å². The molecule has 0 saturated carbocycles. The first kappa shape index (κ1) is 19.5. The maximum Gasteiger partial charge on any atom is 0.136 e. The van der Waals surface area contributed by atoms with Crippen LogP contribution in [0, 0.1) is 13.8 Å². The highest BCUT2D eigenvalue weighted by Gasteiger charge is 2.27. The molecule has 1 saturated heterocycles. The van der Waals surface area contributed by atoms with Crippen molar-refractivity contribution in [1.82, 2.24) is 29.4 Å². The Balaban J connectivity index is 1.30. The molecule has 2 aliphatic rings. The molecule has 6 nitrogen and oxygen atoms in total. The van der Waals surface area contributed by atoms with Gasteiger partial charge in [0, 0.05) is 37.8 Å². The molecule has 4 heterocycles. The van der Waals surface area contributed by atoms with E-state index >= 15 is 0 Å². The van der Waals surface area contributed by atoms with E-state index in [1.54, 1.807) is 0 Å². The maximum absolute atomic E-state index is 4.63. The van der Waals surface area contributed by atoms with Crippen LogP contribution >= 0.6 is 0 Å². The lowest BCUT2D eigenvalue weighted by Gasteiger charge is -2.32. The van der Waals surface area contributed by atoms with Gasteiger partial charge in [0.05, 0.1) is 5.69 Å². The van der Waals surface area contributed by atoms with Crippen LogP contribution in [0.3, 0.4) is 0 Å². The number of likely N-dealkylation sites (tertiary alicyclic amines) is 1. The molecule has 0 radical (unpaired) electrons. The number of rotatable bonds is 4. The van der Waals surface area contributed by atoms with Gasteiger partial charge in [0.1, 0.15) is 11.6 Å². The number of aryl methyl sites for hydroxylation is 3. The summed E-state index contributed by atoms with van der Waals surface area (Å²) in [6.07, 6.45) is 11.2. The number of piperidine rings is 1. The van der Waals surface area contributed by atoms with Crippen LogP contribution in [0.1, 0.15) is 66.4 Å². The van der Waals surface area contributed by atoms with Crippen LogP contribution in [-0.4, -0.2) is 42.5 Å². The molecule has 0 bridgehead atoms. The first-order valence-electron chi connectivity index (χ1n) is 11.4. The standard InChI is InChI=1S/C24H32N6/c1-18-15-19(2)21(22(16-18)30-12-6-10-25-30)17-28-13-8-20(9-14-28)24-27-26-23-7-4-3-5-11-29(23)24/h6,10,12,15-16,20H,3-5,7-9,11,13-14,17H2,1-2H3. The highest BCUT2D eigenvalue weighted by Crippen LogP contribution is 2.31. The van der Waals surface area contributed by atoms with Gasteiger partial charge in [-0.2, -0.15) is 5.10 Å². The fourth-order valence-electron chi connectivity index (χ4n) is 5.18. The highest BCUT2D eigenvalue weighted by atomic mass is 15.3. The van der Waals surface area contributed by atoms with Crippen molar-refractivity contribution >= 4 is 0 Å². The Hall–Kier alpha value is -2.47. The lowest BCUT2D eigenvalue weighted by atomic mass is 9.94. The van der Waals surface area contributed by atoms with E-state index < -0.39 is 0 Å². The normalized spacial score (nSPS) is 18.3. The van der Waals surface area contributed by atoms with Crippen molar-refractivity contribution < 1.29 is 0 Å². The average Bonchev–Trinajstić information content (AvgIpc) is 3.36. The fraction of sp³-hybridized carbons (Fsp3) is 0.542. The molecule has 0 atom stereocenters. The van der Waals surface area contributed by atoms with E-state index in [9.17, 15) is 0 Å². The summed E-state index contributed by atoms with van der Waals surface area (Å²) in [6.45, 7) is 8.70. The van der Waals surface area contributed by atoms with Crippen molar-refractivity contribution in [3.8, 4) is 5.69 Å². The molecule has 5 rings (SSSR count). The van der Waals surface area contributed by atoms with Crippen LogP contribution in [0.25, 0.3) is 5.69 Å². The summed E-state index contributed by atoms with van der Waals surface area (Å²) >= 11 is 0. The van der Waals surface area contributed by atoms with Gasteiger partial charge in [-0.15, -0.1) is 10.2 Å². The van der Waals surface area contributed by atoms with Crippen LogP contribution in [0.4, 0.5) is 0 Å². The Bertz CT molecular complexity index is 995. The molecule has 0 aliphatic carbocycles. The molecule has 1 aromatic carbocycles. The highest BCUT2D eigenvalue weighted by molar-refractivity contribution is 5.48. The lowest BCUT2D eigenvalue weighted by Crippen LogP contribution is -2.34. The Labute approximate surface area is 178 Å². The minimum Gasteiger partial charge on any atom is -0.315 e. The fourth-order valence-corrected chi connectivity index (χ4v) is 5.18. The van der Waals surface area contributed by atoms with Crippen molar-refractivity contribution in [2.45, 2.75) is 71.4 Å². The molecule has 158 valence electrons. The Morgan fingerprint density at radius 3 is 2.67 bits per heavy atom. The largest absolute Gasteiger partial charge is 0.315 e. The average molecular weight is 405 g/mol. The van der Waals surface area contributed by atoms with Gasteiger partial charge >= 0.3 is 0 Å². The van der Waals surface area contributed by atoms with Crippen molar-refractivity contribution in [1.29, 1.82) is 0 Å². The zero-order chi connectivity index (χ0) is 20.5. The third-order valence-electron chi connectivity index (χ3n) is 6.82. The van der Waals surface area contributed by atoms with Crippen LogP contribution in [0.2, 0.25) is 0 Å². The predicted octanol–water partition coefficient (Wildman–Crippen LogP) is 4.19. The maximum atomic E-state index is 4.63. The Morgan fingerprint density at radius 1 is 1.00 bits per heavy atom. The molecule has 1 fully saturated rings. The summed E-state index contributed by atoms with van der Waals surface area (Å²) in [5, 5.41) is 13.7. The predicted molar refractivity (Wildman–Crippen MR) is 118 cm³/mol. The summed E-state index contributed by atoms with van der Waals surface area (Å²) in [5.41, 5.74) is 5.24. The van der Waals surface area contributed by atoms with Gasteiger partial charge in [-0.3, -0.25) is 4.90 Å². The molecule has 30 heavy (non-hydrogen) atoms. The van der Waals surface area contributed by atoms with Gasteiger partial charge in [0.25, 0.3) is 0 Å². The minimum atomic E-state index is 0.547. The molecule has 0 spiro atoms. The van der Waals surface area contributed by atoms with Crippen molar-refractivity contribution in [3.63, 3.8) is 0 Å². The van der Waals surface area contributed by atoms with E-state index in [0.717, 1.165) is 32.6 Å². The van der Waals surface area contributed by atoms with Crippen LogP contribution in [0.15, 0.2) is 30.6 Å². The first-order valence-corrected chi connectivity index (χ1v) is 11.4. The van der Waals surface area contributed by atoms with Crippen LogP contribution in [-0.2, 0) is 19.5 Å². The molecule has 0 N–H and O–H groups in total. The number of nitrogens with zero attached hydrogens (tertiary/aromatic N) is 6. The topological polar surface area (TPSA) is 51.8 Å². The number of hydrogen-bond donors (Lipinski definition) is 0. The van der Waals surface area contributed by atoms with Crippen molar-refractivity contribution in [2.24, 2.45) is 0 Å². The summed E-state index contributed by atoms with van der Waals surface area (Å²) in [5.74, 6) is 3.00. The van der Waals surface area contributed by atoms with Crippen LogP contribution < -0.4 is 0 Å². The minimum absolute atomic E-state index is 0.547. The molecule has 2 aromatic heterocycles. The van der Waals surface area contributed by atoms with Crippen molar-refractivity contribution in [3.05, 3.63) is 58.9 Å². The van der Waals surface area contributed by atoms with E-state index in [1.807, 2.05) is 23.1 Å². The van der Waals surface area contributed by atoms with Gasteiger partial charge in [-0.05, 0) is 81.4 Å². The summed E-state index contributed by atoms with van der Waals surface area (Å²) in [4.78, 5) is 2.60. The van der Waals surface area contributed by atoms with E-state index in [-0.39, 0.29) is 0 Å². The van der Waals surface area contributed by atoms with Crippen molar-refractivity contribution in [2.75, 3.05) is 13.1 Å². The molecule has 0 unspecified atom stereocenters. The Morgan fingerprint density at radius 2 is 1.87 bits per heavy atom. The molecule has 3 aromatic rings. The molecule has 6 heteroatoms. The van der Waals surface area contributed by atoms with E-state index in [4.69, 9.17) is 0 Å². The Kier molecular flexibility index (Phi) is 5.42. The van der Waals surface area contributed by atoms with Gasteiger partial charge < -0.3 is 4.57 Å². The van der Waals surface area contributed by atoms with E-state index in [1.165, 1.54) is 66.1 Å². The summed E-state index contributed by atoms with van der Waals surface area (Å²) in [6, 6.07) is 6.54. The second-order valence-corrected chi connectivity index (χ2v) is 9.02. The number of benzene rings is 1. The zero-order valence-corrected chi connectivity index (χ0v) is 18.2. The first-order chi connectivity index (χ1) is 14.7. The second-order valence-electron chi connectivity index (χ2n) is 9.02. The molecular weight excluding hydrogens is 372 g/mol. The summed E-state index contributed by atoms with van der Waals surface area (Å²) < 4.78 is 4.45. The van der Waals surface area contributed by atoms with E-state index in [0.29, 0.717) is 5.92 Å². The lowest BCUT2D eigenvalue weighted by molar-refractivity contribution is 0.199. The third kappa shape index (κ3) is 3.81. The quantitative estimate of drug-likeness (QED) is 0.654. The molecule has 0 amide bonds. The van der Waals surface area contributed by atoms with Gasteiger partial charge in [0.2, 0.25) is 0 Å². The zero-order valence-electron chi connectivity index (χ0n) is 18.2. The van der Waals surface area contributed by atoms with Gasteiger partial charge in [-0.1, -0.05) is 12.5 Å². The second kappa shape index (κ2) is 8.34. The monoisotopic (exact) mass is 404 g/mol. The smallest absolute Gasteiger partial charge is 0.136 e. The van der Waals surface area contributed by atoms with Gasteiger partial charge in [-0.25, -0.2) is 4.68 Å². The summed E-state index contributed by atoms with van der Waals surface area (Å²) in [7, 11) is 0.